The SMILES string of the molecule is COc1ccc(CON=CC2=C(C(=O)O)N3C(=O)[C@@H](NC(=O)Cn4cnnn4)[C@@H]3SC2)cc1. The number of carbonyl (C=O) groups excluding carboxylic acids is 2. The molecule has 2 aliphatic rings. The number of carboxylic acid groups (broad SMARTS) is 1. The van der Waals surface area contributed by atoms with Gasteiger partial charge in [0.15, 0.2) is 0 Å². The van der Waals surface area contributed by atoms with Gasteiger partial charge in [0.25, 0.3) is 5.91 Å². The van der Waals surface area contributed by atoms with Gasteiger partial charge < -0.3 is 20.0 Å². The zero-order chi connectivity index (χ0) is 23.4. The van der Waals surface area contributed by atoms with Crippen LogP contribution in [0.5, 0.6) is 5.75 Å². The third-order valence-electron chi connectivity index (χ3n) is 4.89. The van der Waals surface area contributed by atoms with Gasteiger partial charge in [0.2, 0.25) is 5.91 Å². The maximum absolute atomic E-state index is 12.6. The number of ether oxygens (including phenoxy) is 1. The highest BCUT2D eigenvalue weighted by Gasteiger charge is 2.54. The number of aliphatic carboxylic acids is 1. The molecule has 0 aliphatic carbocycles. The van der Waals surface area contributed by atoms with Gasteiger partial charge in [0.1, 0.15) is 42.3 Å². The lowest BCUT2D eigenvalue weighted by atomic mass is 10.0. The number of aromatic nitrogens is 4. The van der Waals surface area contributed by atoms with E-state index < -0.39 is 29.2 Å². The number of tetrazole rings is 1. The number of benzene rings is 1. The summed E-state index contributed by atoms with van der Waals surface area (Å²) in [5, 5.41) is 26.1. The Labute approximate surface area is 191 Å². The van der Waals surface area contributed by atoms with Crippen LogP contribution >= 0.6 is 11.8 Å². The van der Waals surface area contributed by atoms with E-state index in [0.717, 1.165) is 16.2 Å². The van der Waals surface area contributed by atoms with Crippen LogP contribution in [0.2, 0.25) is 0 Å². The van der Waals surface area contributed by atoms with Crippen molar-refractivity contribution in [1.29, 1.82) is 0 Å². The fraction of sp³-hybridized carbons (Fsp3) is 0.316. The predicted octanol–water partition coefficient (Wildman–Crippen LogP) is -0.377. The average molecular weight is 473 g/mol. The first-order chi connectivity index (χ1) is 16.0. The molecule has 0 unspecified atom stereocenters. The smallest absolute Gasteiger partial charge is 0.353 e. The van der Waals surface area contributed by atoms with Gasteiger partial charge >= 0.3 is 5.97 Å². The van der Waals surface area contributed by atoms with Crippen LogP contribution in [0.15, 0.2) is 47.0 Å². The van der Waals surface area contributed by atoms with Crippen LogP contribution in [0, 0.1) is 0 Å². The van der Waals surface area contributed by atoms with E-state index >= 15 is 0 Å². The first-order valence-electron chi connectivity index (χ1n) is 9.67. The number of methoxy groups -OCH3 is 1. The molecule has 14 heteroatoms. The highest BCUT2D eigenvalue weighted by Crippen LogP contribution is 2.39. The van der Waals surface area contributed by atoms with E-state index in [1.54, 1.807) is 19.2 Å². The summed E-state index contributed by atoms with van der Waals surface area (Å²) < 4.78 is 6.31. The Kier molecular flexibility index (Phi) is 6.53. The number of nitrogens with one attached hydrogen (secondary N) is 1. The maximum Gasteiger partial charge on any atom is 0.353 e. The molecule has 1 saturated heterocycles. The fourth-order valence-electron chi connectivity index (χ4n) is 3.30. The number of thioether (sulfide) groups is 1. The second-order valence-electron chi connectivity index (χ2n) is 7.00. The Morgan fingerprint density at radius 2 is 2.15 bits per heavy atom. The van der Waals surface area contributed by atoms with Gasteiger partial charge in [-0.25, -0.2) is 9.48 Å². The molecule has 172 valence electrons. The molecule has 2 amide bonds. The molecule has 13 nitrogen and oxygen atoms in total. The van der Waals surface area contributed by atoms with Crippen LogP contribution in [0.25, 0.3) is 0 Å². The number of fused-ring (bicyclic) bond motifs is 1. The number of hydrogen-bond acceptors (Lipinski definition) is 10. The third-order valence-corrected chi connectivity index (χ3v) is 6.19. The summed E-state index contributed by atoms with van der Waals surface area (Å²) >= 11 is 1.32. The number of rotatable bonds is 9. The molecule has 2 atom stereocenters. The molecular formula is C19H19N7O6S. The number of carbonyl (C=O) groups is 3. The Morgan fingerprint density at radius 3 is 2.82 bits per heavy atom. The number of oxime groups is 1. The van der Waals surface area contributed by atoms with E-state index in [4.69, 9.17) is 9.57 Å². The highest BCUT2D eigenvalue weighted by molar-refractivity contribution is 8.00. The van der Waals surface area contributed by atoms with E-state index in [1.807, 2.05) is 12.1 Å². The Morgan fingerprint density at radius 1 is 1.36 bits per heavy atom. The van der Waals surface area contributed by atoms with Crippen LogP contribution in [0.1, 0.15) is 5.56 Å². The molecule has 4 rings (SSSR count). The maximum atomic E-state index is 12.6. The van der Waals surface area contributed by atoms with Crippen molar-refractivity contribution in [2.75, 3.05) is 12.9 Å². The van der Waals surface area contributed by atoms with Crippen molar-refractivity contribution in [2.24, 2.45) is 5.16 Å². The van der Waals surface area contributed by atoms with E-state index in [1.165, 1.54) is 29.0 Å². The first-order valence-corrected chi connectivity index (χ1v) is 10.7. The summed E-state index contributed by atoms with van der Waals surface area (Å²) in [6.45, 7) is 0.0310. The van der Waals surface area contributed by atoms with Gasteiger partial charge in [0.05, 0.1) is 13.3 Å². The number of nitrogens with zero attached hydrogens (tertiary/aromatic N) is 6. The van der Waals surface area contributed by atoms with Crippen LogP contribution in [0.3, 0.4) is 0 Å². The summed E-state index contributed by atoms with van der Waals surface area (Å²) in [4.78, 5) is 43.1. The van der Waals surface area contributed by atoms with Gasteiger partial charge in [-0.3, -0.25) is 14.5 Å². The summed E-state index contributed by atoms with van der Waals surface area (Å²) in [6.07, 6.45) is 2.57. The molecule has 1 aromatic carbocycles. The molecule has 0 saturated carbocycles. The van der Waals surface area contributed by atoms with Crippen molar-refractivity contribution in [3.05, 3.63) is 47.4 Å². The molecule has 2 aliphatic heterocycles. The summed E-state index contributed by atoms with van der Waals surface area (Å²) in [5.41, 5.74) is 1.02. The molecule has 3 heterocycles. The predicted molar refractivity (Wildman–Crippen MR) is 114 cm³/mol. The zero-order valence-corrected chi connectivity index (χ0v) is 18.1. The third kappa shape index (κ3) is 4.79. The summed E-state index contributed by atoms with van der Waals surface area (Å²) in [7, 11) is 1.58. The lowest BCUT2D eigenvalue weighted by Crippen LogP contribution is -2.70. The van der Waals surface area contributed by atoms with Crippen molar-refractivity contribution < 1.29 is 29.1 Å². The lowest BCUT2D eigenvalue weighted by Gasteiger charge is -2.49. The molecule has 1 fully saturated rings. The van der Waals surface area contributed by atoms with Gasteiger partial charge in [-0.2, -0.15) is 0 Å². The largest absolute Gasteiger partial charge is 0.497 e. The van der Waals surface area contributed by atoms with Gasteiger partial charge in [-0.1, -0.05) is 17.3 Å². The van der Waals surface area contributed by atoms with Gasteiger partial charge in [0, 0.05) is 11.3 Å². The number of β-lactam (4-membered cyclic amide) rings is 1. The van der Waals surface area contributed by atoms with Crippen LogP contribution in [-0.4, -0.2) is 78.5 Å². The monoisotopic (exact) mass is 473 g/mol. The van der Waals surface area contributed by atoms with Gasteiger partial charge in [-0.15, -0.1) is 16.9 Å². The molecule has 2 aromatic rings. The van der Waals surface area contributed by atoms with Crippen molar-refractivity contribution in [2.45, 2.75) is 24.6 Å². The van der Waals surface area contributed by atoms with E-state index in [2.05, 4.69) is 26.0 Å². The van der Waals surface area contributed by atoms with Crippen molar-refractivity contribution in [3.63, 3.8) is 0 Å². The lowest BCUT2D eigenvalue weighted by molar-refractivity contribution is -0.150. The Hall–Kier alpha value is -3.94. The Balaban J connectivity index is 1.38. The van der Waals surface area contributed by atoms with Crippen molar-refractivity contribution in [3.8, 4) is 5.75 Å². The van der Waals surface area contributed by atoms with Gasteiger partial charge in [-0.05, 0) is 28.1 Å². The quantitative estimate of drug-likeness (QED) is 0.279. The van der Waals surface area contributed by atoms with Crippen molar-refractivity contribution >= 4 is 35.8 Å². The average Bonchev–Trinajstić information content (AvgIpc) is 3.33. The van der Waals surface area contributed by atoms with E-state index in [-0.39, 0.29) is 24.6 Å². The minimum absolute atomic E-state index is 0.154. The summed E-state index contributed by atoms with van der Waals surface area (Å²) in [5.74, 6) is -1.23. The van der Waals surface area contributed by atoms with Crippen LogP contribution in [0.4, 0.5) is 0 Å². The number of amides is 2. The molecule has 1 aromatic heterocycles. The highest BCUT2D eigenvalue weighted by atomic mass is 32.2. The molecule has 0 bridgehead atoms. The topological polar surface area (TPSA) is 161 Å². The standard InChI is InChI=1S/C19H19N7O6S/c1-31-13-4-2-11(3-5-13)8-32-21-6-12-9-33-18-15(17(28)26(18)16(12)19(29)30)22-14(27)7-25-10-20-23-24-25/h2-6,10,15,18H,7-9H2,1H3,(H,22,27)(H,29,30)/t15-,18+/m1/s1. The molecule has 2 N–H and O–H groups in total. The second-order valence-corrected chi connectivity index (χ2v) is 8.10. The van der Waals surface area contributed by atoms with E-state index in [9.17, 15) is 19.5 Å². The zero-order valence-electron chi connectivity index (χ0n) is 17.3. The second kappa shape index (κ2) is 9.68. The number of hydrogen-bond donors (Lipinski definition) is 2. The molecule has 0 spiro atoms. The summed E-state index contributed by atoms with van der Waals surface area (Å²) in [6, 6.07) is 6.39. The molecular weight excluding hydrogens is 454 g/mol. The number of carboxylic acids is 1. The van der Waals surface area contributed by atoms with Crippen LogP contribution < -0.4 is 10.1 Å². The normalized spacial score (nSPS) is 19.8. The van der Waals surface area contributed by atoms with E-state index in [0.29, 0.717) is 5.57 Å². The fourth-order valence-corrected chi connectivity index (χ4v) is 4.59. The van der Waals surface area contributed by atoms with Crippen molar-refractivity contribution in [1.82, 2.24) is 30.4 Å². The Bertz CT molecular complexity index is 1100. The first kappa shape index (κ1) is 22.3. The minimum atomic E-state index is -1.26. The molecule has 33 heavy (non-hydrogen) atoms. The molecule has 0 radical (unpaired) electrons. The van der Waals surface area contributed by atoms with Crippen LogP contribution in [-0.2, 0) is 32.4 Å². The minimum Gasteiger partial charge on any atom is -0.497 e.